The van der Waals surface area contributed by atoms with Gasteiger partial charge in [-0.3, -0.25) is 0 Å². The van der Waals surface area contributed by atoms with Crippen molar-refractivity contribution in [1.29, 1.82) is 0 Å². The van der Waals surface area contributed by atoms with Crippen LogP contribution in [0.5, 0.6) is 0 Å². The molecular formula is C14H13FN2O2. The summed E-state index contributed by atoms with van der Waals surface area (Å²) >= 11 is 0. The van der Waals surface area contributed by atoms with E-state index in [4.69, 9.17) is 5.11 Å². The summed E-state index contributed by atoms with van der Waals surface area (Å²) in [6.45, 7) is 1.79. The third-order valence-electron chi connectivity index (χ3n) is 2.70. The number of nitrogens with one attached hydrogen (secondary N) is 1. The van der Waals surface area contributed by atoms with E-state index in [9.17, 15) is 9.18 Å². The average molecular weight is 260 g/mol. The van der Waals surface area contributed by atoms with Gasteiger partial charge in [0.15, 0.2) is 5.69 Å². The molecule has 0 radical (unpaired) electrons. The van der Waals surface area contributed by atoms with Gasteiger partial charge in [0.25, 0.3) is 0 Å². The lowest BCUT2D eigenvalue weighted by atomic mass is 10.1. The van der Waals surface area contributed by atoms with E-state index >= 15 is 0 Å². The highest BCUT2D eigenvalue weighted by Gasteiger charge is 2.11. The third kappa shape index (κ3) is 3.07. The van der Waals surface area contributed by atoms with E-state index in [1.807, 2.05) is 0 Å². The van der Waals surface area contributed by atoms with Crippen molar-refractivity contribution in [3.05, 3.63) is 59.5 Å². The predicted molar refractivity (Wildman–Crippen MR) is 69.6 cm³/mol. The molecule has 0 saturated carbocycles. The molecule has 1 heterocycles. The van der Waals surface area contributed by atoms with E-state index < -0.39 is 5.97 Å². The standard InChI is InChI=1S/C14H13FN2O2/c1-9(10-5-2-3-6-11(10)15)16-13-8-4-7-12(17-13)14(18)19/h2-9H,1H3,(H,16,17)(H,18,19). The van der Waals surface area contributed by atoms with Crippen molar-refractivity contribution < 1.29 is 14.3 Å². The van der Waals surface area contributed by atoms with Crippen LogP contribution in [-0.4, -0.2) is 16.1 Å². The fraction of sp³-hybridized carbons (Fsp3) is 0.143. The molecular weight excluding hydrogens is 247 g/mol. The second-order valence-electron chi connectivity index (χ2n) is 4.10. The minimum absolute atomic E-state index is 0.0502. The fourth-order valence-corrected chi connectivity index (χ4v) is 1.76. The molecule has 0 bridgehead atoms. The number of hydrogen-bond acceptors (Lipinski definition) is 3. The number of rotatable bonds is 4. The molecule has 0 spiro atoms. The number of benzene rings is 1. The number of hydrogen-bond donors (Lipinski definition) is 2. The molecule has 0 saturated heterocycles. The van der Waals surface area contributed by atoms with Gasteiger partial charge in [-0.25, -0.2) is 14.2 Å². The fourth-order valence-electron chi connectivity index (χ4n) is 1.76. The Bertz CT molecular complexity index is 602. The second kappa shape index (κ2) is 5.48. The Labute approximate surface area is 109 Å². The van der Waals surface area contributed by atoms with Crippen LogP contribution in [0.4, 0.5) is 10.2 Å². The summed E-state index contributed by atoms with van der Waals surface area (Å²) in [7, 11) is 0. The van der Waals surface area contributed by atoms with Gasteiger partial charge >= 0.3 is 5.97 Å². The molecule has 1 aromatic heterocycles. The molecule has 1 atom stereocenters. The van der Waals surface area contributed by atoms with Crippen LogP contribution in [0.2, 0.25) is 0 Å². The van der Waals surface area contributed by atoms with Gasteiger partial charge in [-0.1, -0.05) is 24.3 Å². The first-order chi connectivity index (χ1) is 9.08. The molecule has 4 nitrogen and oxygen atoms in total. The maximum Gasteiger partial charge on any atom is 0.354 e. The molecule has 0 fully saturated rings. The van der Waals surface area contributed by atoms with Crippen LogP contribution in [-0.2, 0) is 0 Å². The van der Waals surface area contributed by atoms with E-state index in [1.54, 1.807) is 37.3 Å². The van der Waals surface area contributed by atoms with E-state index in [-0.39, 0.29) is 17.6 Å². The Kier molecular flexibility index (Phi) is 3.75. The van der Waals surface area contributed by atoms with E-state index in [0.29, 0.717) is 11.4 Å². The van der Waals surface area contributed by atoms with Gasteiger partial charge in [-0.15, -0.1) is 0 Å². The zero-order valence-electron chi connectivity index (χ0n) is 10.3. The number of nitrogens with zero attached hydrogens (tertiary/aromatic N) is 1. The molecule has 0 aliphatic rings. The van der Waals surface area contributed by atoms with Gasteiger partial charge in [-0.2, -0.15) is 0 Å². The van der Waals surface area contributed by atoms with E-state index in [1.165, 1.54) is 12.1 Å². The zero-order chi connectivity index (χ0) is 13.8. The average Bonchev–Trinajstić information content (AvgIpc) is 2.39. The molecule has 1 aromatic carbocycles. The van der Waals surface area contributed by atoms with Crippen LogP contribution in [0.3, 0.4) is 0 Å². The zero-order valence-corrected chi connectivity index (χ0v) is 10.3. The van der Waals surface area contributed by atoms with Gasteiger partial charge in [0.05, 0.1) is 6.04 Å². The van der Waals surface area contributed by atoms with Crippen molar-refractivity contribution in [2.24, 2.45) is 0 Å². The SMILES string of the molecule is CC(Nc1cccc(C(=O)O)n1)c1ccccc1F. The Morgan fingerprint density at radius 3 is 2.68 bits per heavy atom. The summed E-state index contributed by atoms with van der Waals surface area (Å²) in [5.41, 5.74) is 0.454. The van der Waals surface area contributed by atoms with Crippen LogP contribution in [0.15, 0.2) is 42.5 Å². The predicted octanol–water partition coefficient (Wildman–Crippen LogP) is 3.09. The van der Waals surface area contributed by atoms with Gasteiger partial charge in [0, 0.05) is 5.56 Å². The number of aromatic carboxylic acids is 1. The Morgan fingerprint density at radius 2 is 2.00 bits per heavy atom. The number of aromatic nitrogens is 1. The highest BCUT2D eigenvalue weighted by molar-refractivity contribution is 5.85. The lowest BCUT2D eigenvalue weighted by molar-refractivity contribution is 0.0690. The largest absolute Gasteiger partial charge is 0.477 e. The highest BCUT2D eigenvalue weighted by atomic mass is 19.1. The van der Waals surface area contributed by atoms with Crippen molar-refractivity contribution in [2.75, 3.05) is 5.32 Å². The van der Waals surface area contributed by atoms with Crippen LogP contribution >= 0.6 is 0 Å². The molecule has 19 heavy (non-hydrogen) atoms. The first-order valence-electron chi connectivity index (χ1n) is 5.79. The molecule has 0 aliphatic heterocycles. The minimum atomic E-state index is -1.10. The maximum atomic E-state index is 13.6. The lowest BCUT2D eigenvalue weighted by Crippen LogP contribution is -2.11. The van der Waals surface area contributed by atoms with Gasteiger partial charge in [0.2, 0.25) is 0 Å². The van der Waals surface area contributed by atoms with Crippen LogP contribution in [0.25, 0.3) is 0 Å². The summed E-state index contributed by atoms with van der Waals surface area (Å²) in [6.07, 6.45) is 0. The van der Waals surface area contributed by atoms with Gasteiger partial charge < -0.3 is 10.4 Å². The topological polar surface area (TPSA) is 62.2 Å². The van der Waals surface area contributed by atoms with Gasteiger partial charge in [0.1, 0.15) is 11.6 Å². The molecule has 5 heteroatoms. The monoisotopic (exact) mass is 260 g/mol. The summed E-state index contributed by atoms with van der Waals surface area (Å²) in [5, 5.41) is 11.8. The van der Waals surface area contributed by atoms with Crippen molar-refractivity contribution in [3.8, 4) is 0 Å². The number of carboxylic acids is 1. The van der Waals surface area contributed by atoms with Gasteiger partial charge in [-0.05, 0) is 25.1 Å². The van der Waals surface area contributed by atoms with Crippen molar-refractivity contribution in [2.45, 2.75) is 13.0 Å². The smallest absolute Gasteiger partial charge is 0.354 e. The second-order valence-corrected chi connectivity index (χ2v) is 4.10. The summed E-state index contributed by atoms with van der Waals surface area (Å²) < 4.78 is 13.6. The molecule has 0 aliphatic carbocycles. The number of pyridine rings is 1. The summed E-state index contributed by atoms with van der Waals surface area (Å²) in [4.78, 5) is 14.7. The number of halogens is 1. The number of carbonyl (C=O) groups is 1. The molecule has 2 aromatic rings. The maximum absolute atomic E-state index is 13.6. The quantitative estimate of drug-likeness (QED) is 0.886. The molecule has 1 unspecified atom stereocenters. The van der Waals surface area contributed by atoms with Crippen LogP contribution < -0.4 is 5.32 Å². The summed E-state index contributed by atoms with van der Waals surface area (Å²) in [5.74, 6) is -1.00. The summed E-state index contributed by atoms with van der Waals surface area (Å²) in [6, 6.07) is 10.8. The first-order valence-corrected chi connectivity index (χ1v) is 5.79. The number of anilines is 1. The lowest BCUT2D eigenvalue weighted by Gasteiger charge is -2.15. The molecule has 2 rings (SSSR count). The molecule has 0 amide bonds. The number of carboxylic acid groups (broad SMARTS) is 1. The van der Waals surface area contributed by atoms with Crippen molar-refractivity contribution in [3.63, 3.8) is 0 Å². The van der Waals surface area contributed by atoms with Crippen molar-refractivity contribution in [1.82, 2.24) is 4.98 Å². The highest BCUT2D eigenvalue weighted by Crippen LogP contribution is 2.20. The Hall–Kier alpha value is -2.43. The normalized spacial score (nSPS) is 11.9. The minimum Gasteiger partial charge on any atom is -0.477 e. The third-order valence-corrected chi connectivity index (χ3v) is 2.70. The molecule has 98 valence electrons. The van der Waals surface area contributed by atoms with E-state index in [0.717, 1.165) is 0 Å². The Balaban J connectivity index is 2.19. The molecule has 2 N–H and O–H groups in total. The van der Waals surface area contributed by atoms with Crippen LogP contribution in [0.1, 0.15) is 29.0 Å². The first kappa shape index (κ1) is 13.0. The van der Waals surface area contributed by atoms with Crippen LogP contribution in [0, 0.1) is 5.82 Å². The van der Waals surface area contributed by atoms with E-state index in [2.05, 4.69) is 10.3 Å². The van der Waals surface area contributed by atoms with Crippen molar-refractivity contribution >= 4 is 11.8 Å². The Morgan fingerprint density at radius 1 is 1.26 bits per heavy atom.